The maximum atomic E-state index is 13.7. The average Bonchev–Trinajstić information content (AvgIpc) is 2.44. The van der Waals surface area contributed by atoms with Crippen LogP contribution in [0.1, 0.15) is 17.5 Å². The Morgan fingerprint density at radius 1 is 1.57 bits per heavy atom. The summed E-state index contributed by atoms with van der Waals surface area (Å²) >= 11 is 0. The first-order chi connectivity index (χ1) is 9.88. The molecule has 6 nitrogen and oxygen atoms in total. The van der Waals surface area contributed by atoms with Gasteiger partial charge < -0.3 is 20.3 Å². The number of hydrogen-bond donors (Lipinski definition) is 3. The molecule has 1 aliphatic heterocycles. The molecule has 2 rings (SSSR count). The molecule has 1 aliphatic rings. The van der Waals surface area contributed by atoms with E-state index in [-0.39, 0.29) is 19.5 Å². The fourth-order valence-electron chi connectivity index (χ4n) is 2.62. The first-order valence-electron chi connectivity index (χ1n) is 6.53. The van der Waals surface area contributed by atoms with Crippen LogP contribution in [-0.2, 0) is 5.60 Å². The van der Waals surface area contributed by atoms with Crippen LogP contribution in [0.25, 0.3) is 0 Å². The van der Waals surface area contributed by atoms with Gasteiger partial charge in [0, 0.05) is 19.0 Å². The fourth-order valence-corrected chi connectivity index (χ4v) is 2.62. The molecule has 0 bridgehead atoms. The Labute approximate surface area is 121 Å². The van der Waals surface area contributed by atoms with E-state index in [0.717, 1.165) is 11.1 Å². The van der Waals surface area contributed by atoms with Crippen LogP contribution in [0, 0.1) is 18.7 Å². The molecule has 0 aromatic heterocycles. The Bertz CT molecular complexity index is 578. The van der Waals surface area contributed by atoms with Crippen molar-refractivity contribution in [3.05, 3.63) is 35.1 Å². The number of halogens is 1. The molecule has 1 fully saturated rings. The fraction of sp³-hybridized carbons (Fsp3) is 0.429. The number of nitrogens with zero attached hydrogens (tertiary/aromatic N) is 2. The van der Waals surface area contributed by atoms with Gasteiger partial charge in [-0.05, 0) is 30.5 Å². The molecule has 2 atom stereocenters. The minimum atomic E-state index is -1.47. The molecule has 1 aromatic carbocycles. The Morgan fingerprint density at radius 2 is 2.29 bits per heavy atom. The van der Waals surface area contributed by atoms with Crippen molar-refractivity contribution in [2.75, 3.05) is 13.1 Å². The van der Waals surface area contributed by atoms with Crippen LogP contribution in [0.4, 0.5) is 9.18 Å². The molecule has 1 heterocycles. The lowest BCUT2D eigenvalue weighted by molar-refractivity contribution is -0.0465. The van der Waals surface area contributed by atoms with E-state index in [2.05, 4.69) is 5.16 Å². The molecule has 7 heteroatoms. The zero-order chi connectivity index (χ0) is 15.6. The van der Waals surface area contributed by atoms with Crippen molar-refractivity contribution in [2.45, 2.75) is 18.9 Å². The van der Waals surface area contributed by atoms with Gasteiger partial charge >= 0.3 is 6.09 Å². The van der Waals surface area contributed by atoms with Crippen LogP contribution >= 0.6 is 0 Å². The highest BCUT2D eigenvalue weighted by molar-refractivity contribution is 5.69. The Hall–Kier alpha value is -2.15. The van der Waals surface area contributed by atoms with E-state index in [1.165, 1.54) is 6.07 Å². The highest BCUT2D eigenvalue weighted by Gasteiger charge is 2.43. The highest BCUT2D eigenvalue weighted by Crippen LogP contribution is 2.37. The number of aryl methyl sites for hydroxylation is 1. The number of benzene rings is 1. The minimum absolute atomic E-state index is 0.0224. The van der Waals surface area contributed by atoms with Crippen molar-refractivity contribution < 1.29 is 24.6 Å². The van der Waals surface area contributed by atoms with Crippen LogP contribution in [0.3, 0.4) is 0 Å². The third-order valence-electron chi connectivity index (χ3n) is 3.98. The Morgan fingerprint density at radius 3 is 2.86 bits per heavy atom. The zero-order valence-electron chi connectivity index (χ0n) is 11.5. The van der Waals surface area contributed by atoms with E-state index in [1.807, 2.05) is 0 Å². The van der Waals surface area contributed by atoms with Gasteiger partial charge in [-0.2, -0.15) is 0 Å². The van der Waals surface area contributed by atoms with Gasteiger partial charge in [0.1, 0.15) is 11.4 Å². The van der Waals surface area contributed by atoms with E-state index < -0.39 is 23.4 Å². The van der Waals surface area contributed by atoms with Crippen molar-refractivity contribution >= 4 is 12.3 Å². The molecule has 0 aliphatic carbocycles. The van der Waals surface area contributed by atoms with Crippen LogP contribution in [0.2, 0.25) is 0 Å². The summed E-state index contributed by atoms with van der Waals surface area (Å²) in [5.41, 5.74) is -0.662. The molecule has 114 valence electrons. The normalized spacial score (nSPS) is 26.2. The number of rotatable bonds is 2. The molecule has 0 saturated carbocycles. The summed E-state index contributed by atoms with van der Waals surface area (Å²) < 4.78 is 13.7. The second kappa shape index (κ2) is 5.69. The molecule has 2 unspecified atom stereocenters. The number of hydrogen-bond acceptors (Lipinski definition) is 4. The lowest BCUT2D eigenvalue weighted by atomic mass is 9.76. The third-order valence-corrected chi connectivity index (χ3v) is 3.98. The van der Waals surface area contributed by atoms with E-state index in [1.54, 1.807) is 19.1 Å². The number of aliphatic hydroxyl groups is 1. The zero-order valence-corrected chi connectivity index (χ0v) is 11.5. The smallest absolute Gasteiger partial charge is 0.407 e. The molecule has 21 heavy (non-hydrogen) atoms. The van der Waals surface area contributed by atoms with Gasteiger partial charge in [0.2, 0.25) is 0 Å². The predicted octanol–water partition coefficient (Wildman–Crippen LogP) is 1.78. The van der Waals surface area contributed by atoms with Crippen molar-refractivity contribution in [1.29, 1.82) is 0 Å². The third kappa shape index (κ3) is 2.82. The summed E-state index contributed by atoms with van der Waals surface area (Å²) in [7, 11) is 0. The van der Waals surface area contributed by atoms with E-state index in [9.17, 15) is 14.3 Å². The number of carboxylic acid groups (broad SMARTS) is 1. The topological polar surface area (TPSA) is 93.4 Å². The van der Waals surface area contributed by atoms with Crippen LogP contribution < -0.4 is 0 Å². The van der Waals surface area contributed by atoms with Crippen LogP contribution in [-0.4, -0.2) is 45.7 Å². The van der Waals surface area contributed by atoms with Gasteiger partial charge in [0.15, 0.2) is 0 Å². The number of piperidine rings is 1. The molecule has 0 spiro atoms. The molecule has 1 amide bonds. The number of carbonyl (C=O) groups is 1. The lowest BCUT2D eigenvalue weighted by Crippen LogP contribution is -2.52. The Balaban J connectivity index is 2.38. The molecular weight excluding hydrogens is 279 g/mol. The summed E-state index contributed by atoms with van der Waals surface area (Å²) in [4.78, 5) is 12.2. The van der Waals surface area contributed by atoms with Crippen LogP contribution in [0.15, 0.2) is 23.4 Å². The maximum absolute atomic E-state index is 13.7. The van der Waals surface area contributed by atoms with Crippen molar-refractivity contribution in [2.24, 2.45) is 11.1 Å². The number of oxime groups is 1. The molecule has 1 aromatic rings. The second-order valence-corrected chi connectivity index (χ2v) is 5.24. The summed E-state index contributed by atoms with van der Waals surface area (Å²) in [5, 5.41) is 31.5. The number of amides is 1. The molecule has 3 N–H and O–H groups in total. The summed E-state index contributed by atoms with van der Waals surface area (Å²) in [5.74, 6) is -1.20. The lowest BCUT2D eigenvalue weighted by Gasteiger charge is -2.42. The quantitative estimate of drug-likeness (QED) is 0.440. The van der Waals surface area contributed by atoms with Gasteiger partial charge in [0.05, 0.1) is 6.21 Å². The van der Waals surface area contributed by atoms with Crippen LogP contribution in [0.5, 0.6) is 0 Å². The molecular formula is C14H17FN2O4. The van der Waals surface area contributed by atoms with E-state index in [4.69, 9.17) is 10.3 Å². The Kier molecular flexibility index (Phi) is 4.13. The van der Waals surface area contributed by atoms with Crippen molar-refractivity contribution in [3.8, 4) is 0 Å². The summed E-state index contributed by atoms with van der Waals surface area (Å²) in [6.45, 7) is 1.71. The first kappa shape index (κ1) is 15.2. The minimum Gasteiger partial charge on any atom is -0.465 e. The van der Waals surface area contributed by atoms with Gasteiger partial charge in [0.25, 0.3) is 0 Å². The standard InChI is InChI=1S/C14H17FN2O4/c1-9-2-3-10(6-12(9)15)14(20)4-5-17(13(18)19)8-11(14)7-16-21/h2-3,6-7,11,20-21H,4-5,8H2,1H3,(H,18,19)/b16-7-. The average molecular weight is 296 g/mol. The van der Waals surface area contributed by atoms with Gasteiger partial charge in [-0.25, -0.2) is 9.18 Å². The van der Waals surface area contributed by atoms with Gasteiger partial charge in [-0.3, -0.25) is 0 Å². The summed E-state index contributed by atoms with van der Waals surface area (Å²) in [6, 6.07) is 4.40. The largest absolute Gasteiger partial charge is 0.465 e. The molecule has 1 saturated heterocycles. The number of likely N-dealkylation sites (tertiary alicyclic amines) is 1. The molecule has 0 radical (unpaired) electrons. The van der Waals surface area contributed by atoms with E-state index >= 15 is 0 Å². The predicted molar refractivity (Wildman–Crippen MR) is 73.0 cm³/mol. The van der Waals surface area contributed by atoms with Crippen molar-refractivity contribution in [3.63, 3.8) is 0 Å². The maximum Gasteiger partial charge on any atom is 0.407 e. The second-order valence-electron chi connectivity index (χ2n) is 5.24. The van der Waals surface area contributed by atoms with Crippen molar-refractivity contribution in [1.82, 2.24) is 4.90 Å². The first-order valence-corrected chi connectivity index (χ1v) is 6.53. The van der Waals surface area contributed by atoms with Gasteiger partial charge in [-0.1, -0.05) is 12.1 Å². The highest BCUT2D eigenvalue weighted by atomic mass is 19.1. The monoisotopic (exact) mass is 296 g/mol. The summed E-state index contributed by atoms with van der Waals surface area (Å²) in [6.07, 6.45) is 0.0780. The SMILES string of the molecule is Cc1ccc(C2(O)CCN(C(=O)O)CC2/C=N\O)cc1F. The van der Waals surface area contributed by atoms with E-state index in [0.29, 0.717) is 11.1 Å². The van der Waals surface area contributed by atoms with Gasteiger partial charge in [-0.15, -0.1) is 5.16 Å².